The first kappa shape index (κ1) is 19.2. The Labute approximate surface area is 149 Å². The maximum atomic E-state index is 14.0. The summed E-state index contributed by atoms with van der Waals surface area (Å²) in [5, 5.41) is 2.59. The van der Waals surface area contributed by atoms with Crippen LogP contribution < -0.4 is 19.7 Å². The second-order valence-electron chi connectivity index (χ2n) is 5.32. The van der Waals surface area contributed by atoms with E-state index in [0.29, 0.717) is 23.3 Å². The minimum absolute atomic E-state index is 0.188. The van der Waals surface area contributed by atoms with Crippen LogP contribution in [-0.2, 0) is 9.59 Å². The van der Waals surface area contributed by atoms with Gasteiger partial charge in [0.05, 0.1) is 25.6 Å². The summed E-state index contributed by atoms with van der Waals surface area (Å²) in [7, 11) is 2.91. The summed E-state index contributed by atoms with van der Waals surface area (Å²) in [5.74, 6) is -1.98. The van der Waals surface area contributed by atoms with E-state index >= 15 is 0 Å². The molecule has 0 aliphatic heterocycles. The van der Waals surface area contributed by atoms with Gasteiger partial charge in [0, 0.05) is 19.1 Å². The molecule has 2 aromatic rings. The lowest BCUT2D eigenvalue weighted by atomic mass is 10.2. The van der Waals surface area contributed by atoms with Crippen LogP contribution in [0.1, 0.15) is 6.92 Å². The Morgan fingerprint density at radius 1 is 1.08 bits per heavy atom. The number of hydrogen-bond donors (Lipinski definition) is 1. The van der Waals surface area contributed by atoms with E-state index in [2.05, 4.69) is 5.32 Å². The molecule has 0 unspecified atom stereocenters. The van der Waals surface area contributed by atoms with Crippen LogP contribution >= 0.6 is 0 Å². The van der Waals surface area contributed by atoms with Gasteiger partial charge in [-0.05, 0) is 24.3 Å². The topological polar surface area (TPSA) is 67.9 Å². The van der Waals surface area contributed by atoms with Crippen LogP contribution in [0.5, 0.6) is 11.5 Å². The molecule has 8 heteroatoms. The fourth-order valence-corrected chi connectivity index (χ4v) is 2.31. The lowest BCUT2D eigenvalue weighted by Crippen LogP contribution is -2.37. The predicted octanol–water partition coefficient (Wildman–Crippen LogP) is 2.97. The first-order chi connectivity index (χ1) is 12.3. The molecule has 0 bridgehead atoms. The highest BCUT2D eigenvalue weighted by atomic mass is 19.1. The van der Waals surface area contributed by atoms with E-state index in [9.17, 15) is 18.4 Å². The predicted molar refractivity (Wildman–Crippen MR) is 92.6 cm³/mol. The highest BCUT2D eigenvalue weighted by molar-refractivity contribution is 6.02. The number of amides is 2. The van der Waals surface area contributed by atoms with Gasteiger partial charge in [0.15, 0.2) is 0 Å². The first-order valence-electron chi connectivity index (χ1n) is 7.60. The molecule has 0 saturated heterocycles. The molecule has 26 heavy (non-hydrogen) atoms. The van der Waals surface area contributed by atoms with Crippen LogP contribution in [0.25, 0.3) is 0 Å². The van der Waals surface area contributed by atoms with Crippen molar-refractivity contribution in [1.29, 1.82) is 0 Å². The third-order valence-corrected chi connectivity index (χ3v) is 3.56. The highest BCUT2D eigenvalue weighted by Crippen LogP contribution is 2.29. The Bertz CT molecular complexity index is 827. The molecule has 6 nitrogen and oxygen atoms in total. The zero-order valence-electron chi connectivity index (χ0n) is 14.5. The zero-order valence-corrected chi connectivity index (χ0v) is 14.5. The highest BCUT2D eigenvalue weighted by Gasteiger charge is 2.20. The minimum atomic E-state index is -0.938. The first-order valence-corrected chi connectivity index (χ1v) is 7.60. The Morgan fingerprint density at radius 3 is 2.38 bits per heavy atom. The van der Waals surface area contributed by atoms with Crippen LogP contribution in [0, 0.1) is 11.6 Å². The van der Waals surface area contributed by atoms with Crippen molar-refractivity contribution in [2.45, 2.75) is 6.92 Å². The molecule has 138 valence electrons. The molecule has 0 heterocycles. The number of benzene rings is 2. The van der Waals surface area contributed by atoms with Gasteiger partial charge in [-0.25, -0.2) is 8.78 Å². The molecular weight excluding hydrogens is 346 g/mol. The lowest BCUT2D eigenvalue weighted by molar-refractivity contribution is -0.120. The van der Waals surface area contributed by atoms with E-state index < -0.39 is 30.0 Å². The average molecular weight is 364 g/mol. The SMILES string of the molecule is COc1ccc(OC)c(NC(=O)CN(C(C)=O)c2ccc(F)cc2F)c1. The van der Waals surface area contributed by atoms with Crippen LogP contribution in [0.15, 0.2) is 36.4 Å². The van der Waals surface area contributed by atoms with E-state index in [1.165, 1.54) is 21.1 Å². The number of nitrogens with one attached hydrogen (secondary N) is 1. The van der Waals surface area contributed by atoms with E-state index in [-0.39, 0.29) is 5.69 Å². The number of carbonyl (C=O) groups is 2. The molecule has 1 N–H and O–H groups in total. The van der Waals surface area contributed by atoms with E-state index in [1.54, 1.807) is 18.2 Å². The van der Waals surface area contributed by atoms with Crippen LogP contribution in [0.3, 0.4) is 0 Å². The molecule has 0 aromatic heterocycles. The largest absolute Gasteiger partial charge is 0.497 e. The molecule has 0 fully saturated rings. The van der Waals surface area contributed by atoms with Crippen molar-refractivity contribution in [2.24, 2.45) is 0 Å². The van der Waals surface area contributed by atoms with Crippen LogP contribution in [0.4, 0.5) is 20.2 Å². The Morgan fingerprint density at radius 2 is 1.81 bits per heavy atom. The van der Waals surface area contributed by atoms with Gasteiger partial charge in [-0.1, -0.05) is 0 Å². The monoisotopic (exact) mass is 364 g/mol. The molecule has 0 aliphatic rings. The van der Waals surface area contributed by atoms with Crippen molar-refractivity contribution in [2.75, 3.05) is 31.0 Å². The summed E-state index contributed by atoms with van der Waals surface area (Å²) >= 11 is 0. The third kappa shape index (κ3) is 4.47. The van der Waals surface area contributed by atoms with Crippen molar-refractivity contribution in [3.63, 3.8) is 0 Å². The van der Waals surface area contributed by atoms with Crippen molar-refractivity contribution in [1.82, 2.24) is 0 Å². The number of anilines is 2. The van der Waals surface area contributed by atoms with Crippen LogP contribution in [0.2, 0.25) is 0 Å². The Kier molecular flexibility index (Phi) is 6.11. The summed E-state index contributed by atoms with van der Waals surface area (Å²) in [4.78, 5) is 25.1. The van der Waals surface area contributed by atoms with E-state index in [1.807, 2.05) is 0 Å². The summed E-state index contributed by atoms with van der Waals surface area (Å²) in [6.45, 7) is 0.723. The maximum Gasteiger partial charge on any atom is 0.244 e. The number of methoxy groups -OCH3 is 2. The van der Waals surface area contributed by atoms with Gasteiger partial charge in [-0.3, -0.25) is 9.59 Å². The molecule has 0 spiro atoms. The van der Waals surface area contributed by atoms with E-state index in [0.717, 1.165) is 17.0 Å². The van der Waals surface area contributed by atoms with E-state index in [4.69, 9.17) is 9.47 Å². The Balaban J connectivity index is 2.22. The van der Waals surface area contributed by atoms with Crippen molar-refractivity contribution in [3.05, 3.63) is 48.0 Å². The number of ether oxygens (including phenoxy) is 2. The van der Waals surface area contributed by atoms with Crippen LogP contribution in [-0.4, -0.2) is 32.6 Å². The third-order valence-electron chi connectivity index (χ3n) is 3.56. The van der Waals surface area contributed by atoms with Gasteiger partial charge in [0.2, 0.25) is 11.8 Å². The van der Waals surface area contributed by atoms with Crippen molar-refractivity contribution < 1.29 is 27.8 Å². The molecule has 2 amide bonds. The fourth-order valence-electron chi connectivity index (χ4n) is 2.31. The molecule has 2 rings (SSSR count). The molecule has 0 aliphatic carbocycles. The van der Waals surface area contributed by atoms with Crippen molar-refractivity contribution in [3.8, 4) is 11.5 Å². The number of nitrogens with zero attached hydrogens (tertiary/aromatic N) is 1. The number of rotatable bonds is 6. The minimum Gasteiger partial charge on any atom is -0.497 e. The summed E-state index contributed by atoms with van der Waals surface area (Å²) < 4.78 is 37.3. The second kappa shape index (κ2) is 8.28. The van der Waals surface area contributed by atoms with Gasteiger partial charge < -0.3 is 19.7 Å². The zero-order chi connectivity index (χ0) is 19.3. The standard InChI is InChI=1S/C18H18F2N2O4/c1-11(23)22(16-6-4-12(19)8-14(16)20)10-18(24)21-15-9-13(25-2)5-7-17(15)26-3/h4-9H,10H2,1-3H3,(H,21,24). The van der Waals surface area contributed by atoms with Gasteiger partial charge in [0.1, 0.15) is 29.7 Å². The fraction of sp³-hybridized carbons (Fsp3) is 0.222. The summed E-state index contributed by atoms with van der Waals surface area (Å²) in [6.07, 6.45) is 0. The van der Waals surface area contributed by atoms with Crippen molar-refractivity contribution >= 4 is 23.2 Å². The molecule has 0 saturated carbocycles. The summed E-state index contributed by atoms with van der Waals surface area (Å²) in [6, 6.07) is 7.57. The average Bonchev–Trinajstić information content (AvgIpc) is 2.60. The molecule has 0 atom stereocenters. The maximum absolute atomic E-state index is 14.0. The smallest absolute Gasteiger partial charge is 0.244 e. The quantitative estimate of drug-likeness (QED) is 0.856. The van der Waals surface area contributed by atoms with Gasteiger partial charge in [-0.15, -0.1) is 0 Å². The summed E-state index contributed by atoms with van der Waals surface area (Å²) in [5.41, 5.74) is 0.145. The number of halogens is 2. The molecule has 2 aromatic carbocycles. The lowest BCUT2D eigenvalue weighted by Gasteiger charge is -2.21. The molecular formula is C18H18F2N2O4. The van der Waals surface area contributed by atoms with Gasteiger partial charge in [-0.2, -0.15) is 0 Å². The Hall–Kier alpha value is -3.16. The number of hydrogen-bond acceptors (Lipinski definition) is 4. The normalized spacial score (nSPS) is 10.2. The van der Waals surface area contributed by atoms with Gasteiger partial charge in [0.25, 0.3) is 0 Å². The van der Waals surface area contributed by atoms with Gasteiger partial charge >= 0.3 is 0 Å². The molecule has 0 radical (unpaired) electrons. The number of carbonyl (C=O) groups excluding carboxylic acids is 2. The second-order valence-corrected chi connectivity index (χ2v) is 5.32.